The van der Waals surface area contributed by atoms with Crippen molar-refractivity contribution < 1.29 is 19.1 Å². The maximum atomic E-state index is 13.0. The second-order valence-electron chi connectivity index (χ2n) is 9.40. The molecule has 0 atom stereocenters. The normalized spacial score (nSPS) is 11.4. The highest BCUT2D eigenvalue weighted by Gasteiger charge is 2.46. The Morgan fingerprint density at radius 3 is 1.76 bits per heavy atom. The third kappa shape index (κ3) is 9.90. The Kier molecular flexibility index (Phi) is 14.8. The summed E-state index contributed by atoms with van der Waals surface area (Å²) in [7, 11) is 0. The molecule has 0 aliphatic rings. The molecule has 4 heteroatoms. The van der Waals surface area contributed by atoms with Gasteiger partial charge in [0.25, 0.3) is 0 Å². The molecule has 1 rings (SSSR count). The van der Waals surface area contributed by atoms with Gasteiger partial charge in [-0.1, -0.05) is 104 Å². The molecule has 33 heavy (non-hydrogen) atoms. The Morgan fingerprint density at radius 2 is 1.24 bits per heavy atom. The van der Waals surface area contributed by atoms with Gasteiger partial charge in [-0.05, 0) is 50.3 Å². The number of benzene rings is 1. The fourth-order valence-corrected chi connectivity index (χ4v) is 4.19. The molecule has 0 heterocycles. The molecule has 0 unspecified atom stereocenters. The minimum absolute atomic E-state index is 0.366. The first kappa shape index (κ1) is 29.2. The molecule has 0 aromatic heterocycles. The lowest BCUT2D eigenvalue weighted by molar-refractivity contribution is -0.168. The molecule has 0 spiro atoms. The van der Waals surface area contributed by atoms with E-state index in [1.54, 1.807) is 6.07 Å². The lowest BCUT2D eigenvalue weighted by atomic mass is 9.82. The Bertz CT molecular complexity index is 691. The fourth-order valence-electron chi connectivity index (χ4n) is 4.19. The van der Waals surface area contributed by atoms with Crippen molar-refractivity contribution in [2.45, 2.75) is 125 Å². The highest BCUT2D eigenvalue weighted by molar-refractivity contribution is 6.00. The van der Waals surface area contributed by atoms with E-state index in [-0.39, 0.29) is 0 Å². The van der Waals surface area contributed by atoms with E-state index in [2.05, 4.69) is 6.92 Å². The van der Waals surface area contributed by atoms with Gasteiger partial charge in [-0.3, -0.25) is 9.59 Å². The maximum Gasteiger partial charge on any atom is 0.328 e. The molecule has 188 valence electrons. The minimum atomic E-state index is -1.24. The zero-order valence-electron chi connectivity index (χ0n) is 22.0. The number of aryl methyl sites for hydroxylation is 1. The summed E-state index contributed by atoms with van der Waals surface area (Å²) in [6, 6.07) is 5.60. The quantitative estimate of drug-likeness (QED) is 0.0957. The third-order valence-corrected chi connectivity index (χ3v) is 6.98. The predicted molar refractivity (Wildman–Crippen MR) is 137 cm³/mol. The lowest BCUT2D eigenvalue weighted by Crippen LogP contribution is -2.42. The standard InChI is InChI=1S/C29H48O4/c1-6-9-10-11-12-13-14-15-16-17-18-19-23-32-27(30)29(7-2,8-3)28(31)33-26-22-20-21-24(4)25(26)5/h20-22H,6-19,23H2,1-5H3. The van der Waals surface area contributed by atoms with Gasteiger partial charge in [-0.15, -0.1) is 0 Å². The number of rotatable bonds is 18. The molecular formula is C29H48O4. The predicted octanol–water partition coefficient (Wildman–Crippen LogP) is 8.26. The van der Waals surface area contributed by atoms with Crippen molar-refractivity contribution in [2.24, 2.45) is 5.41 Å². The molecule has 0 radical (unpaired) electrons. The van der Waals surface area contributed by atoms with E-state index in [4.69, 9.17) is 9.47 Å². The molecule has 0 N–H and O–H groups in total. The average molecular weight is 461 g/mol. The van der Waals surface area contributed by atoms with Crippen LogP contribution in [0.4, 0.5) is 0 Å². The molecule has 0 bridgehead atoms. The topological polar surface area (TPSA) is 52.6 Å². The van der Waals surface area contributed by atoms with Crippen LogP contribution < -0.4 is 4.74 Å². The van der Waals surface area contributed by atoms with Crippen LogP contribution in [0.25, 0.3) is 0 Å². The van der Waals surface area contributed by atoms with E-state index < -0.39 is 17.4 Å². The Morgan fingerprint density at radius 1 is 0.727 bits per heavy atom. The SMILES string of the molecule is CCCCCCCCCCCCCCOC(=O)C(CC)(CC)C(=O)Oc1cccc(C)c1C. The smallest absolute Gasteiger partial charge is 0.328 e. The van der Waals surface area contributed by atoms with Gasteiger partial charge in [0.15, 0.2) is 5.41 Å². The molecule has 0 amide bonds. The summed E-state index contributed by atoms with van der Waals surface area (Å²) in [4.78, 5) is 25.9. The number of hydrogen-bond acceptors (Lipinski definition) is 4. The number of hydrogen-bond donors (Lipinski definition) is 0. The second kappa shape index (κ2) is 16.7. The zero-order chi connectivity index (χ0) is 24.5. The number of ether oxygens (including phenoxy) is 2. The molecule has 0 fully saturated rings. The Hall–Kier alpha value is -1.84. The first-order valence-corrected chi connectivity index (χ1v) is 13.4. The second-order valence-corrected chi connectivity index (χ2v) is 9.40. The summed E-state index contributed by atoms with van der Waals surface area (Å²) < 4.78 is 11.2. The van der Waals surface area contributed by atoms with Gasteiger partial charge in [0, 0.05) is 0 Å². The van der Waals surface area contributed by atoms with Gasteiger partial charge in [0.1, 0.15) is 5.75 Å². The fraction of sp³-hybridized carbons (Fsp3) is 0.724. The van der Waals surface area contributed by atoms with Crippen molar-refractivity contribution in [3.8, 4) is 5.75 Å². The van der Waals surface area contributed by atoms with E-state index in [1.165, 1.54) is 64.2 Å². The lowest BCUT2D eigenvalue weighted by Gasteiger charge is -2.27. The van der Waals surface area contributed by atoms with E-state index in [1.807, 2.05) is 39.8 Å². The summed E-state index contributed by atoms with van der Waals surface area (Å²) in [6.45, 7) is 10.2. The summed E-state index contributed by atoms with van der Waals surface area (Å²) in [5, 5.41) is 0. The van der Waals surface area contributed by atoms with E-state index in [9.17, 15) is 9.59 Å². The van der Waals surface area contributed by atoms with Crippen LogP contribution in [0.1, 0.15) is 122 Å². The largest absolute Gasteiger partial charge is 0.465 e. The first-order chi connectivity index (χ1) is 15.9. The highest BCUT2D eigenvalue weighted by atomic mass is 16.6. The molecular weight excluding hydrogens is 412 g/mol. The van der Waals surface area contributed by atoms with Gasteiger partial charge in [0.05, 0.1) is 6.61 Å². The maximum absolute atomic E-state index is 13.0. The summed E-state index contributed by atoms with van der Waals surface area (Å²) in [5.74, 6) is -0.452. The Balaban J connectivity index is 2.33. The molecule has 0 aliphatic heterocycles. The van der Waals surface area contributed by atoms with Crippen LogP contribution in [0.2, 0.25) is 0 Å². The number of esters is 2. The van der Waals surface area contributed by atoms with Crippen molar-refractivity contribution in [2.75, 3.05) is 6.61 Å². The number of carbonyl (C=O) groups is 2. The molecule has 1 aromatic rings. The van der Waals surface area contributed by atoms with Crippen LogP contribution in [-0.2, 0) is 14.3 Å². The minimum Gasteiger partial charge on any atom is -0.465 e. The van der Waals surface area contributed by atoms with Gasteiger partial charge in [-0.2, -0.15) is 0 Å². The van der Waals surface area contributed by atoms with Gasteiger partial charge >= 0.3 is 11.9 Å². The van der Waals surface area contributed by atoms with Crippen molar-refractivity contribution in [1.82, 2.24) is 0 Å². The summed E-state index contributed by atoms with van der Waals surface area (Å²) in [5.41, 5.74) is 0.720. The van der Waals surface area contributed by atoms with Crippen LogP contribution >= 0.6 is 0 Å². The number of unbranched alkanes of at least 4 members (excludes halogenated alkanes) is 11. The van der Waals surface area contributed by atoms with Crippen LogP contribution in [0, 0.1) is 19.3 Å². The van der Waals surface area contributed by atoms with Gasteiger partial charge < -0.3 is 9.47 Å². The highest BCUT2D eigenvalue weighted by Crippen LogP contribution is 2.32. The zero-order valence-corrected chi connectivity index (χ0v) is 22.0. The van der Waals surface area contributed by atoms with Crippen molar-refractivity contribution >= 4 is 11.9 Å². The summed E-state index contributed by atoms with van der Waals surface area (Å²) in [6.07, 6.45) is 15.9. The molecule has 1 aromatic carbocycles. The van der Waals surface area contributed by atoms with Crippen molar-refractivity contribution in [3.05, 3.63) is 29.3 Å². The molecule has 0 saturated carbocycles. The van der Waals surface area contributed by atoms with Crippen LogP contribution in [-0.4, -0.2) is 18.5 Å². The summed E-state index contributed by atoms with van der Waals surface area (Å²) >= 11 is 0. The van der Waals surface area contributed by atoms with E-state index in [0.717, 1.165) is 24.0 Å². The Labute approximate surface area is 202 Å². The monoisotopic (exact) mass is 460 g/mol. The molecule has 0 saturated heterocycles. The van der Waals surface area contributed by atoms with Gasteiger partial charge in [-0.25, -0.2) is 0 Å². The first-order valence-electron chi connectivity index (χ1n) is 13.4. The van der Waals surface area contributed by atoms with Gasteiger partial charge in [0.2, 0.25) is 0 Å². The third-order valence-electron chi connectivity index (χ3n) is 6.98. The van der Waals surface area contributed by atoms with Crippen LogP contribution in [0.15, 0.2) is 18.2 Å². The van der Waals surface area contributed by atoms with Crippen LogP contribution in [0.5, 0.6) is 5.75 Å². The van der Waals surface area contributed by atoms with Crippen molar-refractivity contribution in [3.63, 3.8) is 0 Å². The van der Waals surface area contributed by atoms with Crippen molar-refractivity contribution in [1.29, 1.82) is 0 Å². The molecule has 4 nitrogen and oxygen atoms in total. The average Bonchev–Trinajstić information content (AvgIpc) is 2.81. The molecule has 0 aliphatic carbocycles. The number of carbonyl (C=O) groups excluding carboxylic acids is 2. The van der Waals surface area contributed by atoms with E-state index in [0.29, 0.717) is 25.2 Å². The van der Waals surface area contributed by atoms with E-state index >= 15 is 0 Å². The van der Waals surface area contributed by atoms with Crippen LogP contribution in [0.3, 0.4) is 0 Å².